The number of aromatic carboxylic acids is 1. The molecule has 33 heavy (non-hydrogen) atoms. The van der Waals surface area contributed by atoms with Crippen molar-refractivity contribution in [1.82, 2.24) is 0 Å². The number of carboxylic acid groups (broad SMARTS) is 1. The van der Waals surface area contributed by atoms with E-state index in [9.17, 15) is 14.7 Å². The zero-order valence-electron chi connectivity index (χ0n) is 19.0. The Balaban J connectivity index is 1.62. The Morgan fingerprint density at radius 3 is 2.15 bits per heavy atom. The minimum Gasteiger partial charge on any atom is -0.507 e. The van der Waals surface area contributed by atoms with Crippen molar-refractivity contribution in [2.24, 2.45) is 5.92 Å². The van der Waals surface area contributed by atoms with E-state index in [-0.39, 0.29) is 23.0 Å². The first-order valence-electron chi connectivity index (χ1n) is 10.8. The minimum absolute atomic E-state index is 0.0331. The van der Waals surface area contributed by atoms with Crippen molar-refractivity contribution in [3.8, 4) is 17.2 Å². The van der Waals surface area contributed by atoms with Gasteiger partial charge in [-0.3, -0.25) is 4.79 Å². The molecule has 0 radical (unpaired) electrons. The van der Waals surface area contributed by atoms with E-state index in [1.165, 1.54) is 12.1 Å². The topological polar surface area (TPSA) is 93.1 Å². The smallest absolute Gasteiger partial charge is 0.335 e. The number of carbonyl (C=O) groups excluding carboxylic acids is 1. The Morgan fingerprint density at radius 2 is 1.55 bits per heavy atom. The molecule has 0 aromatic heterocycles. The molecular formula is C27H28O6. The molecule has 2 N–H and O–H groups in total. The molecule has 0 heterocycles. The molecule has 0 aliphatic carbocycles. The highest BCUT2D eigenvalue weighted by Crippen LogP contribution is 2.32. The summed E-state index contributed by atoms with van der Waals surface area (Å²) in [7, 11) is 0. The van der Waals surface area contributed by atoms with Gasteiger partial charge in [0.1, 0.15) is 30.5 Å². The molecule has 0 saturated carbocycles. The zero-order chi connectivity index (χ0) is 24.0. The van der Waals surface area contributed by atoms with Gasteiger partial charge < -0.3 is 19.7 Å². The number of benzene rings is 3. The average molecular weight is 449 g/mol. The van der Waals surface area contributed by atoms with Crippen LogP contribution < -0.4 is 9.47 Å². The highest BCUT2D eigenvalue weighted by molar-refractivity contribution is 5.99. The van der Waals surface area contributed by atoms with Crippen LogP contribution in [0.1, 0.15) is 57.7 Å². The second-order valence-corrected chi connectivity index (χ2v) is 8.33. The van der Waals surface area contributed by atoms with E-state index in [1.807, 2.05) is 38.1 Å². The van der Waals surface area contributed by atoms with Crippen molar-refractivity contribution in [2.75, 3.05) is 0 Å². The molecule has 3 aromatic carbocycles. The van der Waals surface area contributed by atoms with Gasteiger partial charge in [-0.2, -0.15) is 0 Å². The summed E-state index contributed by atoms with van der Waals surface area (Å²) in [5.41, 5.74) is 2.93. The Kier molecular flexibility index (Phi) is 7.72. The lowest BCUT2D eigenvalue weighted by Crippen LogP contribution is -2.05. The molecule has 0 aliphatic heterocycles. The molecule has 3 aromatic rings. The van der Waals surface area contributed by atoms with Gasteiger partial charge in [0.2, 0.25) is 0 Å². The summed E-state index contributed by atoms with van der Waals surface area (Å²) in [6.45, 7) is 6.28. The summed E-state index contributed by atoms with van der Waals surface area (Å²) < 4.78 is 11.6. The van der Waals surface area contributed by atoms with Crippen LogP contribution in [0.4, 0.5) is 0 Å². The van der Waals surface area contributed by atoms with Gasteiger partial charge in [-0.25, -0.2) is 4.79 Å². The van der Waals surface area contributed by atoms with Crippen LogP contribution in [0.25, 0.3) is 0 Å². The number of aromatic hydroxyl groups is 1. The predicted octanol–water partition coefficient (Wildman–Crippen LogP) is 5.79. The average Bonchev–Trinajstić information content (AvgIpc) is 2.78. The standard InChI is InChI=1S/C27H28O6/c1-17(2)13-24(28)23-11-12-25(18(3)26(23)29)33-16-20-6-4-5-19(14-20)15-32-22-9-7-21(8-10-22)27(30)31/h4-12,14,17,29H,13,15-16H2,1-3H3,(H,30,31). The number of rotatable bonds is 10. The molecule has 0 bridgehead atoms. The largest absolute Gasteiger partial charge is 0.507 e. The van der Waals surface area contributed by atoms with Gasteiger partial charge in [-0.15, -0.1) is 0 Å². The van der Waals surface area contributed by atoms with Crippen LogP contribution in [-0.4, -0.2) is 22.0 Å². The molecule has 0 spiro atoms. The Bertz CT molecular complexity index is 1130. The van der Waals surface area contributed by atoms with Crippen molar-refractivity contribution in [3.63, 3.8) is 0 Å². The Morgan fingerprint density at radius 1 is 0.909 bits per heavy atom. The fraction of sp³-hybridized carbons (Fsp3) is 0.259. The zero-order valence-corrected chi connectivity index (χ0v) is 19.0. The van der Waals surface area contributed by atoms with Gasteiger partial charge in [0.25, 0.3) is 0 Å². The maximum atomic E-state index is 12.3. The molecule has 0 atom stereocenters. The van der Waals surface area contributed by atoms with Crippen molar-refractivity contribution < 1.29 is 29.3 Å². The third-order valence-electron chi connectivity index (χ3n) is 5.17. The van der Waals surface area contributed by atoms with Crippen molar-refractivity contribution in [2.45, 2.75) is 40.4 Å². The van der Waals surface area contributed by atoms with E-state index in [2.05, 4.69) is 0 Å². The number of carbonyl (C=O) groups is 2. The van der Waals surface area contributed by atoms with Crippen molar-refractivity contribution in [3.05, 3.63) is 88.5 Å². The van der Waals surface area contributed by atoms with Crippen LogP contribution in [-0.2, 0) is 13.2 Å². The minimum atomic E-state index is -0.977. The number of ketones is 1. The second kappa shape index (κ2) is 10.7. The van der Waals surface area contributed by atoms with Gasteiger partial charge >= 0.3 is 5.97 Å². The third-order valence-corrected chi connectivity index (χ3v) is 5.17. The molecule has 3 rings (SSSR count). The van der Waals surface area contributed by atoms with Gasteiger partial charge in [-0.1, -0.05) is 32.0 Å². The third kappa shape index (κ3) is 6.35. The lowest BCUT2D eigenvalue weighted by atomic mass is 9.98. The fourth-order valence-corrected chi connectivity index (χ4v) is 3.37. The Hall–Kier alpha value is -3.80. The molecule has 6 nitrogen and oxygen atoms in total. The van der Waals surface area contributed by atoms with Crippen molar-refractivity contribution >= 4 is 11.8 Å². The van der Waals surface area contributed by atoms with Crippen LogP contribution >= 0.6 is 0 Å². The Labute approximate surface area is 193 Å². The van der Waals surface area contributed by atoms with Crippen LogP contribution in [0.3, 0.4) is 0 Å². The van der Waals surface area contributed by atoms with Crippen LogP contribution in [0.15, 0.2) is 60.7 Å². The summed E-state index contributed by atoms with van der Waals surface area (Å²) in [6, 6.07) is 17.3. The number of hydrogen-bond donors (Lipinski definition) is 2. The van der Waals surface area contributed by atoms with Crippen molar-refractivity contribution in [1.29, 1.82) is 0 Å². The lowest BCUT2D eigenvalue weighted by molar-refractivity contribution is 0.0696. The van der Waals surface area contributed by atoms with E-state index in [4.69, 9.17) is 14.6 Å². The lowest BCUT2D eigenvalue weighted by Gasteiger charge is -2.14. The summed E-state index contributed by atoms with van der Waals surface area (Å²) in [6.07, 6.45) is 0.381. The molecule has 6 heteroatoms. The molecule has 0 amide bonds. The van der Waals surface area contributed by atoms with E-state index >= 15 is 0 Å². The summed E-state index contributed by atoms with van der Waals surface area (Å²) >= 11 is 0. The summed E-state index contributed by atoms with van der Waals surface area (Å²) in [5.74, 6) is 0.230. The number of Topliss-reactive ketones (excluding diaryl/α,β-unsaturated/α-hetero) is 1. The highest BCUT2D eigenvalue weighted by Gasteiger charge is 2.17. The summed E-state index contributed by atoms with van der Waals surface area (Å²) in [4.78, 5) is 23.3. The first kappa shape index (κ1) is 23.9. The van der Waals surface area contributed by atoms with Crippen LogP contribution in [0, 0.1) is 12.8 Å². The van der Waals surface area contributed by atoms with Gasteiger partial charge in [-0.05, 0) is 66.4 Å². The second-order valence-electron chi connectivity index (χ2n) is 8.33. The molecule has 0 aliphatic rings. The maximum absolute atomic E-state index is 12.3. The maximum Gasteiger partial charge on any atom is 0.335 e. The van der Waals surface area contributed by atoms with E-state index in [0.717, 1.165) is 11.1 Å². The number of hydrogen-bond acceptors (Lipinski definition) is 5. The van der Waals surface area contributed by atoms with E-state index in [1.54, 1.807) is 31.2 Å². The molecule has 0 unspecified atom stereocenters. The van der Waals surface area contributed by atoms with Gasteiger partial charge in [0.15, 0.2) is 5.78 Å². The SMILES string of the molecule is Cc1c(OCc2cccc(COc3ccc(C(=O)O)cc3)c2)ccc(C(=O)CC(C)C)c1O. The molecule has 0 fully saturated rings. The van der Waals surface area contributed by atoms with E-state index in [0.29, 0.717) is 42.3 Å². The molecule has 0 saturated heterocycles. The monoisotopic (exact) mass is 448 g/mol. The molecule has 172 valence electrons. The van der Waals surface area contributed by atoms with Gasteiger partial charge in [0, 0.05) is 12.0 Å². The quantitative estimate of drug-likeness (QED) is 0.382. The molecular weight excluding hydrogens is 420 g/mol. The number of carboxylic acids is 1. The van der Waals surface area contributed by atoms with E-state index < -0.39 is 5.97 Å². The number of phenolic OH excluding ortho intramolecular Hbond substituents is 1. The van der Waals surface area contributed by atoms with Crippen LogP contribution in [0.5, 0.6) is 17.2 Å². The highest BCUT2D eigenvalue weighted by atomic mass is 16.5. The normalized spacial score (nSPS) is 10.8. The number of phenols is 1. The van der Waals surface area contributed by atoms with Crippen LogP contribution in [0.2, 0.25) is 0 Å². The summed E-state index contributed by atoms with van der Waals surface area (Å²) in [5, 5.41) is 19.4. The predicted molar refractivity (Wildman–Crippen MR) is 125 cm³/mol. The number of ether oxygens (including phenoxy) is 2. The fourth-order valence-electron chi connectivity index (χ4n) is 3.37. The van der Waals surface area contributed by atoms with Gasteiger partial charge in [0.05, 0.1) is 11.1 Å². The first-order chi connectivity index (χ1) is 15.7. The first-order valence-corrected chi connectivity index (χ1v) is 10.8.